The van der Waals surface area contributed by atoms with Gasteiger partial charge in [-0.3, -0.25) is 4.79 Å². The number of hydrogen-bond donors (Lipinski definition) is 1. The van der Waals surface area contributed by atoms with Crippen molar-refractivity contribution >= 4 is 40.2 Å². The highest BCUT2D eigenvalue weighted by Gasteiger charge is 2.18. The van der Waals surface area contributed by atoms with E-state index < -0.39 is 0 Å². The third kappa shape index (κ3) is 3.62. The van der Waals surface area contributed by atoms with Crippen LogP contribution in [-0.4, -0.2) is 32.3 Å². The molecule has 0 saturated carbocycles. The Morgan fingerprint density at radius 2 is 2.16 bits per heavy atom. The van der Waals surface area contributed by atoms with E-state index in [1.54, 1.807) is 18.3 Å². The SMILES string of the molecule is CCOc1nc(Sc2cc(C(C)=O)ccn2)nc2[nH]c(CC)c(Cl)c12. The van der Waals surface area contributed by atoms with Crippen molar-refractivity contribution in [2.45, 2.75) is 37.4 Å². The maximum Gasteiger partial charge on any atom is 0.228 e. The summed E-state index contributed by atoms with van der Waals surface area (Å²) in [6, 6.07) is 3.40. The molecule has 0 aromatic carbocycles. The number of carbonyl (C=O) groups excluding carboxylic acids is 1. The van der Waals surface area contributed by atoms with Gasteiger partial charge in [0, 0.05) is 17.5 Å². The fraction of sp³-hybridized carbons (Fsp3) is 0.294. The molecule has 0 amide bonds. The van der Waals surface area contributed by atoms with Gasteiger partial charge in [-0.2, -0.15) is 4.98 Å². The van der Waals surface area contributed by atoms with Gasteiger partial charge in [-0.1, -0.05) is 18.5 Å². The number of hydrogen-bond acceptors (Lipinski definition) is 6. The fourth-order valence-electron chi connectivity index (χ4n) is 2.37. The van der Waals surface area contributed by atoms with Crippen LogP contribution in [0.3, 0.4) is 0 Å². The lowest BCUT2D eigenvalue weighted by molar-refractivity contribution is 0.101. The molecule has 0 aliphatic carbocycles. The zero-order valence-corrected chi connectivity index (χ0v) is 15.7. The van der Waals surface area contributed by atoms with Crippen molar-refractivity contribution < 1.29 is 9.53 Å². The number of H-pyrrole nitrogens is 1. The van der Waals surface area contributed by atoms with Crippen LogP contribution in [0.1, 0.15) is 36.8 Å². The first-order valence-electron chi connectivity index (χ1n) is 7.89. The van der Waals surface area contributed by atoms with Crippen LogP contribution in [0.25, 0.3) is 11.0 Å². The molecule has 6 nitrogen and oxygen atoms in total. The van der Waals surface area contributed by atoms with Crippen molar-refractivity contribution in [3.63, 3.8) is 0 Å². The number of carbonyl (C=O) groups is 1. The van der Waals surface area contributed by atoms with E-state index in [9.17, 15) is 4.79 Å². The maximum absolute atomic E-state index is 11.5. The van der Waals surface area contributed by atoms with Gasteiger partial charge in [-0.05, 0) is 44.2 Å². The number of fused-ring (bicyclic) bond motifs is 1. The molecule has 0 saturated heterocycles. The summed E-state index contributed by atoms with van der Waals surface area (Å²) < 4.78 is 5.65. The highest BCUT2D eigenvalue weighted by molar-refractivity contribution is 7.99. The molecule has 3 aromatic rings. The van der Waals surface area contributed by atoms with E-state index in [1.807, 2.05) is 13.8 Å². The second-order valence-electron chi connectivity index (χ2n) is 5.28. The lowest BCUT2D eigenvalue weighted by Crippen LogP contribution is -1.99. The number of pyridine rings is 1. The summed E-state index contributed by atoms with van der Waals surface area (Å²) in [5, 5.41) is 2.40. The summed E-state index contributed by atoms with van der Waals surface area (Å²) in [7, 11) is 0. The van der Waals surface area contributed by atoms with E-state index in [-0.39, 0.29) is 5.78 Å². The fourth-order valence-corrected chi connectivity index (χ4v) is 3.47. The van der Waals surface area contributed by atoms with Gasteiger partial charge in [0.25, 0.3) is 0 Å². The molecule has 25 heavy (non-hydrogen) atoms. The Balaban J connectivity index is 2.04. The van der Waals surface area contributed by atoms with Gasteiger partial charge in [0.1, 0.15) is 10.7 Å². The van der Waals surface area contributed by atoms with E-state index in [0.29, 0.717) is 44.3 Å². The van der Waals surface area contributed by atoms with Gasteiger partial charge in [0.2, 0.25) is 5.88 Å². The van der Waals surface area contributed by atoms with Crippen LogP contribution in [0, 0.1) is 0 Å². The zero-order chi connectivity index (χ0) is 18.0. The minimum Gasteiger partial charge on any atom is -0.477 e. The van der Waals surface area contributed by atoms with Crippen LogP contribution in [-0.2, 0) is 6.42 Å². The number of halogens is 1. The topological polar surface area (TPSA) is 80.8 Å². The predicted molar refractivity (Wildman–Crippen MR) is 97.8 cm³/mol. The number of nitrogens with one attached hydrogen (secondary N) is 1. The minimum absolute atomic E-state index is 0.0145. The number of aromatic nitrogens is 4. The Labute approximate surface area is 154 Å². The summed E-state index contributed by atoms with van der Waals surface area (Å²) in [4.78, 5) is 28.0. The van der Waals surface area contributed by atoms with Gasteiger partial charge in [-0.25, -0.2) is 9.97 Å². The molecule has 1 N–H and O–H groups in total. The molecule has 0 radical (unpaired) electrons. The van der Waals surface area contributed by atoms with Crippen molar-refractivity contribution in [3.8, 4) is 5.88 Å². The zero-order valence-electron chi connectivity index (χ0n) is 14.1. The van der Waals surface area contributed by atoms with E-state index in [2.05, 4.69) is 19.9 Å². The molecule has 0 fully saturated rings. The lowest BCUT2D eigenvalue weighted by atomic mass is 10.2. The number of ether oxygens (including phenoxy) is 1. The number of ketones is 1. The lowest BCUT2D eigenvalue weighted by Gasteiger charge is -2.06. The van der Waals surface area contributed by atoms with Crippen molar-refractivity contribution in [2.24, 2.45) is 0 Å². The van der Waals surface area contributed by atoms with E-state index >= 15 is 0 Å². The molecule has 3 rings (SSSR count). The van der Waals surface area contributed by atoms with Crippen LogP contribution in [0.15, 0.2) is 28.5 Å². The van der Waals surface area contributed by atoms with Crippen molar-refractivity contribution in [1.82, 2.24) is 19.9 Å². The van der Waals surface area contributed by atoms with Gasteiger partial charge >= 0.3 is 0 Å². The predicted octanol–water partition coefficient (Wildman–Crippen LogP) is 4.32. The first-order chi connectivity index (χ1) is 12.0. The summed E-state index contributed by atoms with van der Waals surface area (Å²) >= 11 is 7.69. The minimum atomic E-state index is -0.0145. The molecular formula is C17H17ClN4O2S. The molecule has 8 heteroatoms. The molecule has 0 unspecified atom stereocenters. The monoisotopic (exact) mass is 376 g/mol. The first-order valence-corrected chi connectivity index (χ1v) is 9.08. The molecule has 3 heterocycles. The van der Waals surface area contributed by atoms with E-state index in [1.165, 1.54) is 18.7 Å². The smallest absolute Gasteiger partial charge is 0.228 e. The van der Waals surface area contributed by atoms with Crippen molar-refractivity contribution in [1.29, 1.82) is 0 Å². The maximum atomic E-state index is 11.5. The molecule has 3 aromatic heterocycles. The Kier molecular flexibility index (Phi) is 5.24. The average Bonchev–Trinajstić information content (AvgIpc) is 2.91. The van der Waals surface area contributed by atoms with Gasteiger partial charge in [0.15, 0.2) is 10.9 Å². The Bertz CT molecular complexity index is 942. The Morgan fingerprint density at radius 3 is 2.84 bits per heavy atom. The van der Waals surface area contributed by atoms with Crippen molar-refractivity contribution in [3.05, 3.63) is 34.6 Å². The number of aromatic amines is 1. The summed E-state index contributed by atoms with van der Waals surface area (Å²) in [5.74, 6) is 0.429. The van der Waals surface area contributed by atoms with Crippen molar-refractivity contribution in [2.75, 3.05) is 6.61 Å². The molecule has 0 atom stereocenters. The summed E-state index contributed by atoms with van der Waals surface area (Å²) in [6.07, 6.45) is 2.35. The number of aryl methyl sites for hydroxylation is 1. The van der Waals surface area contributed by atoms with E-state index in [4.69, 9.17) is 16.3 Å². The van der Waals surface area contributed by atoms with Gasteiger partial charge < -0.3 is 9.72 Å². The number of Topliss-reactive ketones (excluding diaryl/α,β-unsaturated/α-hetero) is 1. The third-order valence-corrected chi connectivity index (χ3v) is 4.80. The molecular weight excluding hydrogens is 360 g/mol. The molecule has 0 aliphatic heterocycles. The van der Waals surface area contributed by atoms with E-state index in [0.717, 1.165) is 12.1 Å². The highest BCUT2D eigenvalue weighted by Crippen LogP contribution is 2.35. The second kappa shape index (κ2) is 7.41. The second-order valence-corrected chi connectivity index (χ2v) is 6.65. The quantitative estimate of drug-likeness (QED) is 0.509. The molecule has 130 valence electrons. The van der Waals surface area contributed by atoms with Crippen LogP contribution in [0.2, 0.25) is 5.02 Å². The van der Waals surface area contributed by atoms with Gasteiger partial charge in [0.05, 0.1) is 17.0 Å². The molecule has 0 spiro atoms. The standard InChI is InChI=1S/C17H17ClN4O2S/c1-4-11-14(18)13-15(20-11)21-17(22-16(13)24-5-2)25-12-8-10(9(3)23)6-7-19-12/h6-8H,4-5H2,1-3H3,(H,20,21,22). The molecule has 0 aliphatic rings. The number of nitrogens with zero attached hydrogens (tertiary/aromatic N) is 3. The van der Waals surface area contributed by atoms with Crippen LogP contribution >= 0.6 is 23.4 Å². The normalized spacial score (nSPS) is 11.0. The van der Waals surface area contributed by atoms with Crippen LogP contribution in [0.5, 0.6) is 5.88 Å². The number of rotatable bonds is 6. The largest absolute Gasteiger partial charge is 0.477 e. The summed E-state index contributed by atoms with van der Waals surface area (Å²) in [6.45, 7) is 5.89. The van der Waals surface area contributed by atoms with Crippen LogP contribution < -0.4 is 4.74 Å². The highest BCUT2D eigenvalue weighted by atomic mass is 35.5. The molecule has 0 bridgehead atoms. The average molecular weight is 377 g/mol. The van der Waals surface area contributed by atoms with Crippen LogP contribution in [0.4, 0.5) is 0 Å². The third-order valence-electron chi connectivity index (χ3n) is 3.58. The Morgan fingerprint density at radius 1 is 1.36 bits per heavy atom. The summed E-state index contributed by atoms with van der Waals surface area (Å²) in [5.41, 5.74) is 2.12. The Hall–Kier alpha value is -2.12. The first kappa shape index (κ1) is 17.7. The van der Waals surface area contributed by atoms with Gasteiger partial charge in [-0.15, -0.1) is 0 Å².